The van der Waals surface area contributed by atoms with Gasteiger partial charge < -0.3 is 5.73 Å². The van der Waals surface area contributed by atoms with Crippen LogP contribution < -0.4 is 5.73 Å². The SMILES string of the molecule is NCC(Cc1ccc(C(F)(F)F)cc1)c1ccccn1. The van der Waals surface area contributed by atoms with Gasteiger partial charge in [-0.25, -0.2) is 0 Å². The highest BCUT2D eigenvalue weighted by Crippen LogP contribution is 2.29. The Hall–Kier alpha value is -1.88. The fourth-order valence-electron chi connectivity index (χ4n) is 2.04. The van der Waals surface area contributed by atoms with Crippen molar-refractivity contribution in [1.82, 2.24) is 4.98 Å². The summed E-state index contributed by atoms with van der Waals surface area (Å²) in [5.74, 6) is 0.00735. The van der Waals surface area contributed by atoms with Crippen molar-refractivity contribution in [3.05, 3.63) is 65.5 Å². The van der Waals surface area contributed by atoms with Gasteiger partial charge in [-0.3, -0.25) is 4.98 Å². The van der Waals surface area contributed by atoms with Crippen molar-refractivity contribution in [3.8, 4) is 0 Å². The molecule has 0 fully saturated rings. The summed E-state index contributed by atoms with van der Waals surface area (Å²) in [4.78, 5) is 4.24. The summed E-state index contributed by atoms with van der Waals surface area (Å²) < 4.78 is 37.4. The largest absolute Gasteiger partial charge is 0.416 e. The summed E-state index contributed by atoms with van der Waals surface area (Å²) in [5.41, 5.74) is 6.77. The molecule has 1 heterocycles. The number of pyridine rings is 1. The van der Waals surface area contributed by atoms with Crippen LogP contribution >= 0.6 is 0 Å². The van der Waals surface area contributed by atoms with E-state index < -0.39 is 11.7 Å². The number of nitrogens with zero attached hydrogens (tertiary/aromatic N) is 1. The molecule has 1 unspecified atom stereocenters. The molecule has 0 aliphatic carbocycles. The fourth-order valence-corrected chi connectivity index (χ4v) is 2.04. The Kier molecular flexibility index (Phi) is 4.39. The maximum atomic E-state index is 12.5. The van der Waals surface area contributed by atoms with Gasteiger partial charge in [-0.15, -0.1) is 0 Å². The van der Waals surface area contributed by atoms with Crippen LogP contribution in [0.2, 0.25) is 0 Å². The summed E-state index contributed by atoms with van der Waals surface area (Å²) in [7, 11) is 0. The van der Waals surface area contributed by atoms with Crippen LogP contribution in [-0.2, 0) is 12.6 Å². The highest BCUT2D eigenvalue weighted by molar-refractivity contribution is 5.26. The van der Waals surface area contributed by atoms with Gasteiger partial charge in [0.05, 0.1) is 5.56 Å². The smallest absolute Gasteiger partial charge is 0.330 e. The minimum Gasteiger partial charge on any atom is -0.330 e. The average Bonchev–Trinajstić information content (AvgIpc) is 2.45. The molecule has 1 aromatic heterocycles. The van der Waals surface area contributed by atoms with E-state index in [1.165, 1.54) is 12.1 Å². The zero-order chi connectivity index (χ0) is 14.6. The Morgan fingerprint density at radius 2 is 1.75 bits per heavy atom. The van der Waals surface area contributed by atoms with Gasteiger partial charge in [0.15, 0.2) is 0 Å². The van der Waals surface area contributed by atoms with E-state index in [1.807, 2.05) is 18.2 Å². The number of hydrogen-bond acceptors (Lipinski definition) is 2. The third-order valence-electron chi connectivity index (χ3n) is 3.15. The van der Waals surface area contributed by atoms with Gasteiger partial charge in [0, 0.05) is 24.4 Å². The second-order valence-corrected chi connectivity index (χ2v) is 4.59. The molecule has 2 aromatic rings. The predicted molar refractivity (Wildman–Crippen MR) is 71.2 cm³/mol. The number of halogens is 3. The Balaban J connectivity index is 2.13. The molecule has 2 rings (SSSR count). The molecule has 0 aliphatic heterocycles. The normalized spacial score (nSPS) is 13.2. The number of rotatable bonds is 4. The number of alkyl halides is 3. The van der Waals surface area contributed by atoms with E-state index >= 15 is 0 Å². The molecule has 0 radical (unpaired) electrons. The molecule has 0 amide bonds. The van der Waals surface area contributed by atoms with Gasteiger partial charge in [0.2, 0.25) is 0 Å². The lowest BCUT2D eigenvalue weighted by Gasteiger charge is -2.14. The number of benzene rings is 1. The van der Waals surface area contributed by atoms with E-state index in [4.69, 9.17) is 5.73 Å². The second-order valence-electron chi connectivity index (χ2n) is 4.59. The van der Waals surface area contributed by atoms with Crippen LogP contribution in [0.15, 0.2) is 48.7 Å². The van der Waals surface area contributed by atoms with Gasteiger partial charge >= 0.3 is 6.18 Å². The first kappa shape index (κ1) is 14.5. The van der Waals surface area contributed by atoms with Crippen LogP contribution in [0.1, 0.15) is 22.7 Å². The van der Waals surface area contributed by atoms with E-state index in [9.17, 15) is 13.2 Å². The molecule has 20 heavy (non-hydrogen) atoms. The van der Waals surface area contributed by atoms with Gasteiger partial charge in [0.25, 0.3) is 0 Å². The van der Waals surface area contributed by atoms with E-state index in [-0.39, 0.29) is 5.92 Å². The van der Waals surface area contributed by atoms with Crippen LogP contribution in [-0.4, -0.2) is 11.5 Å². The summed E-state index contributed by atoms with van der Waals surface area (Å²) >= 11 is 0. The third-order valence-corrected chi connectivity index (χ3v) is 3.15. The Morgan fingerprint density at radius 3 is 2.25 bits per heavy atom. The predicted octanol–water partition coefficient (Wildman–Crippen LogP) is 3.39. The molecule has 1 atom stereocenters. The monoisotopic (exact) mass is 280 g/mol. The van der Waals surface area contributed by atoms with Crippen LogP contribution in [0.4, 0.5) is 13.2 Å². The molecule has 2 N–H and O–H groups in total. The highest BCUT2D eigenvalue weighted by Gasteiger charge is 2.30. The maximum absolute atomic E-state index is 12.5. The van der Waals surface area contributed by atoms with Crippen LogP contribution in [0, 0.1) is 0 Å². The third kappa shape index (κ3) is 3.57. The quantitative estimate of drug-likeness (QED) is 0.932. The van der Waals surface area contributed by atoms with E-state index in [0.29, 0.717) is 13.0 Å². The van der Waals surface area contributed by atoms with E-state index in [0.717, 1.165) is 23.4 Å². The average molecular weight is 280 g/mol. The molecule has 5 heteroatoms. The lowest BCUT2D eigenvalue weighted by molar-refractivity contribution is -0.137. The molecular formula is C15H15F3N2. The first-order chi connectivity index (χ1) is 9.50. The van der Waals surface area contributed by atoms with Crippen molar-refractivity contribution in [2.24, 2.45) is 5.73 Å². The fraction of sp³-hybridized carbons (Fsp3) is 0.267. The van der Waals surface area contributed by atoms with Crippen LogP contribution in [0.3, 0.4) is 0 Å². The highest BCUT2D eigenvalue weighted by atomic mass is 19.4. The van der Waals surface area contributed by atoms with Crippen molar-refractivity contribution >= 4 is 0 Å². The Morgan fingerprint density at radius 1 is 1.05 bits per heavy atom. The van der Waals surface area contributed by atoms with Crippen LogP contribution in [0.25, 0.3) is 0 Å². The molecule has 1 aromatic carbocycles. The topological polar surface area (TPSA) is 38.9 Å². The zero-order valence-corrected chi connectivity index (χ0v) is 10.8. The van der Waals surface area contributed by atoms with Crippen LogP contribution in [0.5, 0.6) is 0 Å². The minimum absolute atomic E-state index is 0.00735. The van der Waals surface area contributed by atoms with Crippen molar-refractivity contribution in [1.29, 1.82) is 0 Å². The van der Waals surface area contributed by atoms with Crippen molar-refractivity contribution in [2.75, 3.05) is 6.54 Å². The lowest BCUT2D eigenvalue weighted by Crippen LogP contribution is -2.16. The summed E-state index contributed by atoms with van der Waals surface area (Å²) in [5, 5.41) is 0. The number of aromatic nitrogens is 1. The summed E-state index contributed by atoms with van der Waals surface area (Å²) in [6.07, 6.45) is -2.04. The molecule has 0 bridgehead atoms. The van der Waals surface area contributed by atoms with Gasteiger partial charge in [-0.2, -0.15) is 13.2 Å². The molecule has 2 nitrogen and oxygen atoms in total. The van der Waals surface area contributed by atoms with Crippen molar-refractivity contribution < 1.29 is 13.2 Å². The molecule has 106 valence electrons. The number of nitrogens with two attached hydrogens (primary N) is 1. The van der Waals surface area contributed by atoms with E-state index in [2.05, 4.69) is 4.98 Å². The van der Waals surface area contributed by atoms with Crippen molar-refractivity contribution in [2.45, 2.75) is 18.5 Å². The second kappa shape index (κ2) is 6.05. The van der Waals surface area contributed by atoms with Gasteiger partial charge in [-0.05, 0) is 36.2 Å². The van der Waals surface area contributed by atoms with Crippen molar-refractivity contribution in [3.63, 3.8) is 0 Å². The molecule has 0 saturated heterocycles. The first-order valence-electron chi connectivity index (χ1n) is 6.28. The minimum atomic E-state index is -4.30. The lowest BCUT2D eigenvalue weighted by atomic mass is 9.95. The van der Waals surface area contributed by atoms with E-state index in [1.54, 1.807) is 6.20 Å². The molecule has 0 aliphatic rings. The summed E-state index contributed by atoms with van der Waals surface area (Å²) in [6, 6.07) is 10.8. The molecule has 0 saturated carbocycles. The Bertz CT molecular complexity index is 535. The standard InChI is InChI=1S/C15H15F3N2/c16-15(17,18)13-6-4-11(5-7-13)9-12(10-19)14-3-1-2-8-20-14/h1-8,12H,9-10,19H2. The number of hydrogen-bond donors (Lipinski definition) is 1. The first-order valence-corrected chi connectivity index (χ1v) is 6.28. The molecule has 0 spiro atoms. The van der Waals surface area contributed by atoms with Gasteiger partial charge in [-0.1, -0.05) is 18.2 Å². The Labute approximate surface area is 115 Å². The maximum Gasteiger partial charge on any atom is 0.416 e. The zero-order valence-electron chi connectivity index (χ0n) is 10.8. The van der Waals surface area contributed by atoms with Gasteiger partial charge in [0.1, 0.15) is 0 Å². The summed E-state index contributed by atoms with van der Waals surface area (Å²) in [6.45, 7) is 0.401. The molecular weight excluding hydrogens is 265 g/mol.